The van der Waals surface area contributed by atoms with Crippen molar-refractivity contribution >= 4 is 28.7 Å². The Morgan fingerprint density at radius 2 is 1.93 bits per heavy atom. The highest BCUT2D eigenvalue weighted by molar-refractivity contribution is 7.10. The second-order valence-corrected chi connectivity index (χ2v) is 10.4. The fourth-order valence-corrected chi connectivity index (χ4v) is 5.58. The SMILES string of the molecule is CC(C)(C)C1CC2=C(OC(N)=C(C#N)C2c2cccs2)/C(=C/c2cccs2)C1. The first-order valence-electron chi connectivity index (χ1n) is 9.47. The van der Waals surface area contributed by atoms with Crippen molar-refractivity contribution in [1.29, 1.82) is 5.26 Å². The van der Waals surface area contributed by atoms with Crippen molar-refractivity contribution < 1.29 is 4.74 Å². The molecule has 0 bridgehead atoms. The monoisotopic (exact) mass is 408 g/mol. The molecule has 1 aliphatic carbocycles. The Morgan fingerprint density at radius 1 is 1.18 bits per heavy atom. The van der Waals surface area contributed by atoms with Gasteiger partial charge in [0.25, 0.3) is 0 Å². The zero-order chi connectivity index (χ0) is 19.9. The Hall–Kier alpha value is -2.29. The van der Waals surface area contributed by atoms with Crippen molar-refractivity contribution in [1.82, 2.24) is 0 Å². The molecular weight excluding hydrogens is 384 g/mol. The summed E-state index contributed by atoms with van der Waals surface area (Å²) in [5.74, 6) is 1.49. The number of rotatable bonds is 2. The van der Waals surface area contributed by atoms with Crippen LogP contribution >= 0.6 is 22.7 Å². The van der Waals surface area contributed by atoms with Gasteiger partial charge in [-0.3, -0.25) is 0 Å². The minimum Gasteiger partial charge on any atom is -0.440 e. The third-order valence-electron chi connectivity index (χ3n) is 5.66. The van der Waals surface area contributed by atoms with Crippen molar-refractivity contribution in [2.24, 2.45) is 17.1 Å². The van der Waals surface area contributed by atoms with Crippen molar-refractivity contribution in [3.8, 4) is 6.07 Å². The lowest BCUT2D eigenvalue weighted by atomic mass is 9.67. The van der Waals surface area contributed by atoms with Crippen LogP contribution in [0.2, 0.25) is 0 Å². The molecule has 2 aromatic heterocycles. The van der Waals surface area contributed by atoms with Crippen molar-refractivity contribution in [2.75, 3.05) is 0 Å². The molecule has 5 heteroatoms. The zero-order valence-electron chi connectivity index (χ0n) is 16.4. The molecule has 0 fully saturated rings. The van der Waals surface area contributed by atoms with E-state index in [1.807, 2.05) is 6.07 Å². The van der Waals surface area contributed by atoms with Crippen LogP contribution in [0.1, 0.15) is 49.3 Å². The predicted octanol–water partition coefficient (Wildman–Crippen LogP) is 6.41. The number of allylic oxidation sites excluding steroid dienone is 3. The third-order valence-corrected chi connectivity index (χ3v) is 7.42. The molecule has 0 saturated carbocycles. The van der Waals surface area contributed by atoms with E-state index in [1.165, 1.54) is 16.0 Å². The topological polar surface area (TPSA) is 59.0 Å². The van der Waals surface area contributed by atoms with Crippen molar-refractivity contribution in [3.63, 3.8) is 0 Å². The average Bonchev–Trinajstić information content (AvgIpc) is 3.34. The summed E-state index contributed by atoms with van der Waals surface area (Å²) in [4.78, 5) is 2.36. The summed E-state index contributed by atoms with van der Waals surface area (Å²) in [7, 11) is 0. The molecular formula is C23H24N2OS2. The molecule has 3 heterocycles. The lowest BCUT2D eigenvalue weighted by molar-refractivity contribution is 0.201. The molecule has 1 aliphatic heterocycles. The molecule has 0 amide bonds. The zero-order valence-corrected chi connectivity index (χ0v) is 18.0. The number of nitrogens with two attached hydrogens (primary N) is 1. The first-order chi connectivity index (χ1) is 13.4. The highest BCUT2D eigenvalue weighted by Gasteiger charge is 2.41. The molecule has 2 atom stereocenters. The van der Waals surface area contributed by atoms with Gasteiger partial charge in [0.15, 0.2) is 0 Å². The second-order valence-electron chi connectivity index (χ2n) is 8.45. The summed E-state index contributed by atoms with van der Waals surface area (Å²) in [6, 6.07) is 10.6. The quantitative estimate of drug-likeness (QED) is 0.624. The number of nitriles is 1. The molecule has 3 nitrogen and oxygen atoms in total. The maximum atomic E-state index is 9.82. The molecule has 2 aliphatic rings. The van der Waals surface area contributed by atoms with E-state index >= 15 is 0 Å². The lowest BCUT2D eigenvalue weighted by Gasteiger charge is -2.40. The van der Waals surface area contributed by atoms with E-state index in [1.54, 1.807) is 22.7 Å². The van der Waals surface area contributed by atoms with Crippen LogP contribution in [0.5, 0.6) is 0 Å². The molecule has 0 radical (unpaired) electrons. The highest BCUT2D eigenvalue weighted by atomic mass is 32.1. The largest absolute Gasteiger partial charge is 0.440 e. The Balaban J connectivity index is 1.89. The molecule has 0 spiro atoms. The Kier molecular flexibility index (Phi) is 4.95. The molecule has 2 aromatic rings. The minimum atomic E-state index is -0.106. The van der Waals surface area contributed by atoms with Crippen LogP contribution in [0.3, 0.4) is 0 Å². The van der Waals surface area contributed by atoms with Gasteiger partial charge in [0.05, 0.1) is 5.92 Å². The van der Waals surface area contributed by atoms with E-state index in [4.69, 9.17) is 10.5 Å². The number of hydrogen-bond donors (Lipinski definition) is 1. The fraction of sp³-hybridized carbons (Fsp3) is 0.348. The van der Waals surface area contributed by atoms with Crippen LogP contribution in [0.25, 0.3) is 6.08 Å². The minimum absolute atomic E-state index is 0.106. The first-order valence-corrected chi connectivity index (χ1v) is 11.2. The molecule has 144 valence electrons. The van der Waals surface area contributed by atoms with Gasteiger partial charge in [-0.05, 0) is 64.3 Å². The number of hydrogen-bond acceptors (Lipinski definition) is 5. The van der Waals surface area contributed by atoms with Crippen LogP contribution in [0, 0.1) is 22.7 Å². The highest BCUT2D eigenvalue weighted by Crippen LogP contribution is 2.52. The maximum absolute atomic E-state index is 9.82. The Bertz CT molecular complexity index is 996. The summed E-state index contributed by atoms with van der Waals surface area (Å²) in [6.07, 6.45) is 4.10. The molecule has 2 N–H and O–H groups in total. The van der Waals surface area contributed by atoms with Gasteiger partial charge in [-0.2, -0.15) is 5.26 Å². The first kappa shape index (κ1) is 19.0. The number of thiophene rings is 2. The van der Waals surface area contributed by atoms with E-state index in [2.05, 4.69) is 61.9 Å². The summed E-state index contributed by atoms with van der Waals surface area (Å²) in [5, 5.41) is 14.0. The van der Waals surface area contributed by atoms with Crippen LogP contribution in [-0.2, 0) is 4.74 Å². The number of nitrogens with zero attached hydrogens (tertiary/aromatic N) is 1. The summed E-state index contributed by atoms with van der Waals surface area (Å²) in [5.41, 5.74) is 9.30. The molecule has 0 saturated heterocycles. The standard InChI is InChI=1S/C23H24N2OS2/c1-23(2,3)15-10-14(11-16-6-4-8-27-16)21-17(12-15)20(19-7-5-9-28-19)18(13-24)22(25)26-21/h4-9,11,15,20H,10,12,25H2,1-3H3/b14-11+. The van der Waals surface area contributed by atoms with Gasteiger partial charge in [-0.25, -0.2) is 0 Å². The van der Waals surface area contributed by atoms with Crippen LogP contribution < -0.4 is 5.73 Å². The molecule has 28 heavy (non-hydrogen) atoms. The van der Waals surface area contributed by atoms with E-state index in [0.29, 0.717) is 11.5 Å². The summed E-state index contributed by atoms with van der Waals surface area (Å²) in [6.45, 7) is 6.89. The van der Waals surface area contributed by atoms with Crippen LogP contribution in [0.4, 0.5) is 0 Å². The molecule has 4 rings (SSSR count). The van der Waals surface area contributed by atoms with Crippen LogP contribution in [0.15, 0.2) is 63.4 Å². The van der Waals surface area contributed by atoms with E-state index in [0.717, 1.165) is 23.5 Å². The van der Waals surface area contributed by atoms with E-state index in [9.17, 15) is 5.26 Å². The maximum Gasteiger partial charge on any atom is 0.205 e. The fourth-order valence-electron chi connectivity index (χ4n) is 4.03. The average molecular weight is 409 g/mol. The van der Waals surface area contributed by atoms with Gasteiger partial charge < -0.3 is 10.5 Å². The van der Waals surface area contributed by atoms with Crippen LogP contribution in [-0.4, -0.2) is 0 Å². The van der Waals surface area contributed by atoms with Crippen molar-refractivity contribution in [3.05, 3.63) is 73.1 Å². The Morgan fingerprint density at radius 3 is 2.54 bits per heavy atom. The molecule has 2 unspecified atom stereocenters. The lowest BCUT2D eigenvalue weighted by Crippen LogP contribution is -2.31. The van der Waals surface area contributed by atoms with Gasteiger partial charge in [0.1, 0.15) is 17.4 Å². The van der Waals surface area contributed by atoms with Gasteiger partial charge in [0.2, 0.25) is 5.88 Å². The Labute approximate surface area is 174 Å². The second kappa shape index (κ2) is 7.27. The summed E-state index contributed by atoms with van der Waals surface area (Å²) >= 11 is 3.39. The van der Waals surface area contributed by atoms with E-state index in [-0.39, 0.29) is 17.2 Å². The van der Waals surface area contributed by atoms with Gasteiger partial charge in [0, 0.05) is 9.75 Å². The number of ether oxygens (including phenoxy) is 1. The van der Waals surface area contributed by atoms with Crippen molar-refractivity contribution in [2.45, 2.75) is 39.5 Å². The third kappa shape index (κ3) is 3.43. The van der Waals surface area contributed by atoms with Gasteiger partial charge >= 0.3 is 0 Å². The predicted molar refractivity (Wildman–Crippen MR) is 116 cm³/mol. The summed E-state index contributed by atoms with van der Waals surface area (Å²) < 4.78 is 6.10. The molecule has 0 aromatic carbocycles. The van der Waals surface area contributed by atoms with Gasteiger partial charge in [-0.15, -0.1) is 22.7 Å². The normalized spacial score (nSPS) is 24.1. The smallest absolute Gasteiger partial charge is 0.205 e. The van der Waals surface area contributed by atoms with Gasteiger partial charge in [-0.1, -0.05) is 32.9 Å². The van der Waals surface area contributed by atoms with E-state index < -0.39 is 0 Å².